The largest absolute Gasteiger partial charge is 0.494 e. The molecule has 1 heterocycles. The number of aryl methyl sites for hydroxylation is 1. The molecule has 2 amide bonds. The van der Waals surface area contributed by atoms with E-state index in [-0.39, 0.29) is 6.03 Å². The van der Waals surface area contributed by atoms with Crippen molar-refractivity contribution in [1.29, 1.82) is 0 Å². The van der Waals surface area contributed by atoms with E-state index >= 15 is 0 Å². The number of amides is 2. The van der Waals surface area contributed by atoms with Gasteiger partial charge in [0.2, 0.25) is 0 Å². The number of urea groups is 1. The number of likely N-dealkylation sites (tertiary alicyclic amines) is 1. The number of nitrogens with one attached hydrogen (secondary N) is 1. The lowest BCUT2D eigenvalue weighted by molar-refractivity contribution is 0.186. The molecule has 1 aliphatic rings. The van der Waals surface area contributed by atoms with Gasteiger partial charge < -0.3 is 19.9 Å². The van der Waals surface area contributed by atoms with Gasteiger partial charge in [0.1, 0.15) is 5.75 Å². The van der Waals surface area contributed by atoms with Crippen molar-refractivity contribution in [2.24, 2.45) is 5.92 Å². The second-order valence-electron chi connectivity index (χ2n) is 6.90. The van der Waals surface area contributed by atoms with Crippen LogP contribution in [0, 0.1) is 12.8 Å². The van der Waals surface area contributed by atoms with E-state index in [4.69, 9.17) is 4.74 Å². The molecule has 1 saturated heterocycles. The lowest BCUT2D eigenvalue weighted by Crippen LogP contribution is -2.43. The highest BCUT2D eigenvalue weighted by atomic mass is 16.5. The highest BCUT2D eigenvalue weighted by Crippen LogP contribution is 2.14. The molecule has 0 aliphatic carbocycles. The lowest BCUT2D eigenvalue weighted by Gasteiger charge is -2.30. The monoisotopic (exact) mass is 333 g/mol. The van der Waals surface area contributed by atoms with Gasteiger partial charge in [-0.3, -0.25) is 0 Å². The van der Waals surface area contributed by atoms with Crippen LogP contribution in [0.15, 0.2) is 24.3 Å². The highest BCUT2D eigenvalue weighted by molar-refractivity contribution is 5.73. The molecule has 0 spiro atoms. The molecule has 0 aromatic heterocycles. The third-order valence-corrected chi connectivity index (χ3v) is 4.51. The van der Waals surface area contributed by atoms with Crippen molar-refractivity contribution in [3.05, 3.63) is 29.8 Å². The van der Waals surface area contributed by atoms with Gasteiger partial charge >= 0.3 is 6.03 Å². The van der Waals surface area contributed by atoms with Gasteiger partial charge in [-0.15, -0.1) is 0 Å². The maximum Gasteiger partial charge on any atom is 0.317 e. The Kier molecular flexibility index (Phi) is 7.37. The topological polar surface area (TPSA) is 44.8 Å². The first-order valence-corrected chi connectivity index (χ1v) is 8.91. The van der Waals surface area contributed by atoms with Crippen molar-refractivity contribution < 1.29 is 9.53 Å². The molecule has 0 unspecified atom stereocenters. The molecule has 0 saturated carbocycles. The van der Waals surface area contributed by atoms with Crippen LogP contribution in [0.4, 0.5) is 4.79 Å². The molecular formula is C19H31N3O2. The molecule has 1 N–H and O–H groups in total. The number of rotatable bonds is 7. The number of ether oxygens (including phenoxy) is 1. The molecule has 0 bridgehead atoms. The molecule has 1 aromatic carbocycles. The van der Waals surface area contributed by atoms with Crippen LogP contribution in [0.5, 0.6) is 5.75 Å². The van der Waals surface area contributed by atoms with Crippen molar-refractivity contribution in [2.45, 2.75) is 26.2 Å². The molecule has 1 fully saturated rings. The van der Waals surface area contributed by atoms with Gasteiger partial charge in [-0.25, -0.2) is 4.79 Å². The Bertz CT molecular complexity index is 521. The fourth-order valence-corrected chi connectivity index (χ4v) is 3.10. The molecule has 2 rings (SSSR count). The minimum Gasteiger partial charge on any atom is -0.494 e. The van der Waals surface area contributed by atoms with Gasteiger partial charge in [0.15, 0.2) is 0 Å². The van der Waals surface area contributed by atoms with E-state index in [1.54, 1.807) is 4.90 Å². The summed E-state index contributed by atoms with van der Waals surface area (Å²) < 4.78 is 5.72. The first kappa shape index (κ1) is 18.6. The maximum absolute atomic E-state index is 12.1. The van der Waals surface area contributed by atoms with Gasteiger partial charge in [-0.05, 0) is 63.4 Å². The summed E-state index contributed by atoms with van der Waals surface area (Å²) in [7, 11) is 3.99. The molecule has 1 aliphatic heterocycles. The normalized spacial score (nSPS) is 18.2. The van der Waals surface area contributed by atoms with Gasteiger partial charge in [-0.1, -0.05) is 12.1 Å². The van der Waals surface area contributed by atoms with E-state index in [9.17, 15) is 4.79 Å². The zero-order chi connectivity index (χ0) is 17.4. The Morgan fingerprint density at radius 2 is 2.29 bits per heavy atom. The minimum atomic E-state index is 0.0128. The SMILES string of the molecule is Cc1cccc(OCCCN(C)C(=O)NC[C@@H]2CCCN(C)C2)c1. The third-order valence-electron chi connectivity index (χ3n) is 4.51. The number of piperidine rings is 1. The number of hydrogen-bond acceptors (Lipinski definition) is 3. The summed E-state index contributed by atoms with van der Waals surface area (Å²) in [5, 5.41) is 3.06. The molecule has 1 atom stereocenters. The summed E-state index contributed by atoms with van der Waals surface area (Å²) >= 11 is 0. The average Bonchev–Trinajstić information content (AvgIpc) is 2.56. The number of carbonyl (C=O) groups excluding carboxylic acids is 1. The third kappa shape index (κ3) is 6.40. The van der Waals surface area contributed by atoms with Gasteiger partial charge in [-0.2, -0.15) is 0 Å². The number of nitrogens with zero attached hydrogens (tertiary/aromatic N) is 2. The van der Waals surface area contributed by atoms with Crippen LogP contribution in [-0.2, 0) is 0 Å². The smallest absolute Gasteiger partial charge is 0.317 e. The Morgan fingerprint density at radius 1 is 1.46 bits per heavy atom. The van der Waals surface area contributed by atoms with Crippen LogP contribution in [0.25, 0.3) is 0 Å². The summed E-state index contributed by atoms with van der Waals surface area (Å²) in [6, 6.07) is 8.04. The Balaban J connectivity index is 1.59. The fraction of sp³-hybridized carbons (Fsp3) is 0.632. The quantitative estimate of drug-likeness (QED) is 0.781. The van der Waals surface area contributed by atoms with Gasteiger partial charge in [0.25, 0.3) is 0 Å². The number of carbonyl (C=O) groups is 1. The molecule has 24 heavy (non-hydrogen) atoms. The Hall–Kier alpha value is -1.75. The van der Waals surface area contributed by atoms with Crippen LogP contribution < -0.4 is 10.1 Å². The predicted octanol–water partition coefficient (Wildman–Crippen LogP) is 2.75. The first-order chi connectivity index (χ1) is 11.5. The Morgan fingerprint density at radius 3 is 3.04 bits per heavy atom. The summed E-state index contributed by atoms with van der Waals surface area (Å²) in [6.45, 7) is 6.39. The van der Waals surface area contributed by atoms with Gasteiger partial charge in [0.05, 0.1) is 6.61 Å². The van der Waals surface area contributed by atoms with Crippen LogP contribution in [-0.4, -0.2) is 62.7 Å². The molecule has 5 nitrogen and oxygen atoms in total. The second-order valence-corrected chi connectivity index (χ2v) is 6.90. The standard InChI is InChI=1S/C19H31N3O2/c1-16-7-4-9-18(13-16)24-12-6-11-22(3)19(23)20-14-17-8-5-10-21(2)15-17/h4,7,9,13,17H,5-6,8,10-12,14-15H2,1-3H3,(H,20,23)/t17-/m0/s1. The van der Waals surface area contributed by atoms with E-state index in [1.165, 1.54) is 24.9 Å². The van der Waals surface area contributed by atoms with Gasteiger partial charge in [0, 0.05) is 26.7 Å². The van der Waals surface area contributed by atoms with Crippen molar-refractivity contribution in [1.82, 2.24) is 15.1 Å². The molecule has 5 heteroatoms. The zero-order valence-electron chi connectivity index (χ0n) is 15.3. The fourth-order valence-electron chi connectivity index (χ4n) is 3.10. The van der Waals surface area contributed by atoms with Crippen molar-refractivity contribution in [3.63, 3.8) is 0 Å². The van der Waals surface area contributed by atoms with Crippen LogP contribution in [0.1, 0.15) is 24.8 Å². The first-order valence-electron chi connectivity index (χ1n) is 8.91. The molecule has 134 valence electrons. The highest BCUT2D eigenvalue weighted by Gasteiger charge is 2.18. The summed E-state index contributed by atoms with van der Waals surface area (Å²) in [6.07, 6.45) is 3.26. The van der Waals surface area contributed by atoms with Crippen LogP contribution >= 0.6 is 0 Å². The van der Waals surface area contributed by atoms with Crippen molar-refractivity contribution in [3.8, 4) is 5.75 Å². The average molecular weight is 333 g/mol. The minimum absolute atomic E-state index is 0.0128. The van der Waals surface area contributed by atoms with Crippen LogP contribution in [0.2, 0.25) is 0 Å². The van der Waals surface area contributed by atoms with E-state index in [1.807, 2.05) is 25.2 Å². The molecule has 1 aromatic rings. The number of hydrogen-bond donors (Lipinski definition) is 1. The molecular weight excluding hydrogens is 302 g/mol. The summed E-state index contributed by atoms with van der Waals surface area (Å²) in [5.74, 6) is 1.47. The lowest BCUT2D eigenvalue weighted by atomic mass is 9.99. The second kappa shape index (κ2) is 9.52. The number of benzene rings is 1. The van der Waals surface area contributed by atoms with E-state index in [0.717, 1.165) is 25.3 Å². The van der Waals surface area contributed by atoms with Crippen molar-refractivity contribution >= 4 is 6.03 Å². The van der Waals surface area contributed by atoms with E-state index in [0.29, 0.717) is 19.1 Å². The van der Waals surface area contributed by atoms with E-state index in [2.05, 4.69) is 30.3 Å². The zero-order valence-corrected chi connectivity index (χ0v) is 15.3. The van der Waals surface area contributed by atoms with Crippen molar-refractivity contribution in [2.75, 3.05) is 46.9 Å². The maximum atomic E-state index is 12.1. The molecule has 0 radical (unpaired) electrons. The predicted molar refractivity (Wildman–Crippen MR) is 97.5 cm³/mol. The van der Waals surface area contributed by atoms with Crippen LogP contribution in [0.3, 0.4) is 0 Å². The summed E-state index contributed by atoms with van der Waals surface area (Å²) in [5.41, 5.74) is 1.19. The Labute approximate surface area is 146 Å². The summed E-state index contributed by atoms with van der Waals surface area (Å²) in [4.78, 5) is 16.2. The van der Waals surface area contributed by atoms with E-state index < -0.39 is 0 Å².